The Kier molecular flexibility index (Phi) is 5.34. The summed E-state index contributed by atoms with van der Waals surface area (Å²) >= 11 is 6.12. The summed E-state index contributed by atoms with van der Waals surface area (Å²) in [6.07, 6.45) is 1.66. The molecule has 1 N–H and O–H groups in total. The van der Waals surface area contributed by atoms with Crippen LogP contribution < -0.4 is 14.8 Å². The van der Waals surface area contributed by atoms with Gasteiger partial charge in [-0.15, -0.1) is 0 Å². The monoisotopic (exact) mass is 389 g/mol. The van der Waals surface area contributed by atoms with Gasteiger partial charge in [0.2, 0.25) is 0 Å². The molecule has 132 valence electrons. The maximum absolute atomic E-state index is 12.9. The van der Waals surface area contributed by atoms with Crippen LogP contribution in [-0.4, -0.2) is 23.3 Å². The number of thiocarbonyl (C=S) groups is 1. The summed E-state index contributed by atoms with van der Waals surface area (Å²) < 4.78 is 23.9. The molecule has 0 atom stereocenters. The predicted octanol–water partition coefficient (Wildman–Crippen LogP) is 3.54. The number of hydrogen-bond acceptors (Lipinski definition) is 6. The van der Waals surface area contributed by atoms with E-state index in [-0.39, 0.29) is 17.2 Å². The minimum absolute atomic E-state index is 0.211. The number of carbonyl (C=O) groups is 2. The molecule has 0 aromatic heterocycles. The molecule has 0 aliphatic carbocycles. The second-order valence-electron chi connectivity index (χ2n) is 5.16. The normalized spacial score (nSPS) is 15.1. The Bertz CT molecular complexity index is 925. The number of benzene rings is 2. The highest BCUT2D eigenvalue weighted by Gasteiger charge is 2.22. The molecule has 5 nitrogen and oxygen atoms in total. The van der Waals surface area contributed by atoms with Gasteiger partial charge in [-0.25, -0.2) is 9.18 Å². The van der Waals surface area contributed by atoms with E-state index in [1.165, 1.54) is 43.1 Å². The van der Waals surface area contributed by atoms with E-state index in [0.717, 1.165) is 0 Å². The molecule has 0 radical (unpaired) electrons. The fraction of sp³-hybridized carbons (Fsp3) is 0.0556. The van der Waals surface area contributed by atoms with Crippen molar-refractivity contribution >= 4 is 46.3 Å². The summed E-state index contributed by atoms with van der Waals surface area (Å²) in [4.78, 5) is 24.3. The maximum atomic E-state index is 12.9. The highest BCUT2D eigenvalue weighted by molar-refractivity contribution is 8.26. The fourth-order valence-corrected chi connectivity index (χ4v) is 3.22. The van der Waals surface area contributed by atoms with E-state index in [9.17, 15) is 14.0 Å². The van der Waals surface area contributed by atoms with E-state index in [2.05, 4.69) is 5.32 Å². The molecule has 8 heteroatoms. The van der Waals surface area contributed by atoms with Crippen LogP contribution >= 0.6 is 24.0 Å². The average Bonchev–Trinajstić information content (AvgIpc) is 2.93. The summed E-state index contributed by atoms with van der Waals surface area (Å²) in [6, 6.07) is 9.90. The second-order valence-corrected chi connectivity index (χ2v) is 6.88. The number of hydrogen-bond donors (Lipinski definition) is 1. The van der Waals surface area contributed by atoms with Crippen molar-refractivity contribution < 1.29 is 23.5 Å². The van der Waals surface area contributed by atoms with Gasteiger partial charge < -0.3 is 14.8 Å². The van der Waals surface area contributed by atoms with Crippen LogP contribution in [0.1, 0.15) is 15.9 Å². The van der Waals surface area contributed by atoms with E-state index in [1.807, 2.05) is 0 Å². The lowest BCUT2D eigenvalue weighted by molar-refractivity contribution is -0.115. The van der Waals surface area contributed by atoms with Crippen LogP contribution in [0.2, 0.25) is 0 Å². The van der Waals surface area contributed by atoms with Crippen LogP contribution in [0.15, 0.2) is 47.4 Å². The minimum atomic E-state index is -0.634. The number of thioether (sulfide) groups is 1. The van der Waals surface area contributed by atoms with Gasteiger partial charge >= 0.3 is 5.97 Å². The van der Waals surface area contributed by atoms with Gasteiger partial charge in [0.05, 0.1) is 17.6 Å². The zero-order valence-electron chi connectivity index (χ0n) is 13.4. The van der Waals surface area contributed by atoms with Crippen molar-refractivity contribution in [2.24, 2.45) is 0 Å². The Hall–Kier alpha value is -2.71. The van der Waals surface area contributed by atoms with Gasteiger partial charge in [0.15, 0.2) is 11.5 Å². The lowest BCUT2D eigenvalue weighted by atomic mass is 10.1. The number of halogens is 1. The van der Waals surface area contributed by atoms with Gasteiger partial charge in [-0.1, -0.05) is 30.0 Å². The van der Waals surface area contributed by atoms with Crippen LogP contribution in [-0.2, 0) is 4.79 Å². The Morgan fingerprint density at radius 2 is 1.92 bits per heavy atom. The second kappa shape index (κ2) is 7.67. The molecule has 1 fully saturated rings. The third-order valence-electron chi connectivity index (χ3n) is 3.41. The summed E-state index contributed by atoms with van der Waals surface area (Å²) in [5.74, 6) is -0.801. The van der Waals surface area contributed by atoms with Crippen LogP contribution in [0.25, 0.3) is 6.08 Å². The van der Waals surface area contributed by atoms with E-state index in [4.69, 9.17) is 21.7 Å². The van der Waals surface area contributed by atoms with Gasteiger partial charge in [-0.2, -0.15) is 0 Å². The minimum Gasteiger partial charge on any atom is -0.493 e. The van der Waals surface area contributed by atoms with Crippen molar-refractivity contribution in [2.45, 2.75) is 0 Å². The number of ether oxygens (including phenoxy) is 2. The molecule has 1 aliphatic heterocycles. The Morgan fingerprint density at radius 1 is 1.19 bits per heavy atom. The Balaban J connectivity index is 1.82. The molecule has 0 unspecified atom stereocenters. The van der Waals surface area contributed by atoms with E-state index < -0.39 is 11.8 Å². The smallest absolute Gasteiger partial charge is 0.343 e. The molecule has 26 heavy (non-hydrogen) atoms. The maximum Gasteiger partial charge on any atom is 0.343 e. The largest absolute Gasteiger partial charge is 0.493 e. The zero-order valence-corrected chi connectivity index (χ0v) is 15.1. The van der Waals surface area contributed by atoms with Crippen molar-refractivity contribution in [3.8, 4) is 11.5 Å². The zero-order chi connectivity index (χ0) is 18.7. The topological polar surface area (TPSA) is 64.6 Å². The molecule has 1 saturated heterocycles. The number of rotatable bonds is 4. The first-order valence-corrected chi connectivity index (χ1v) is 8.59. The van der Waals surface area contributed by atoms with Crippen LogP contribution in [0, 0.1) is 5.82 Å². The predicted molar refractivity (Wildman–Crippen MR) is 101 cm³/mol. The van der Waals surface area contributed by atoms with Crippen molar-refractivity contribution in [3.63, 3.8) is 0 Å². The highest BCUT2D eigenvalue weighted by atomic mass is 32.2. The standard InChI is InChI=1S/C18H12FNO4S2/c1-23-14-8-10(9-15-16(21)20-18(25)26-15)2-7-13(14)24-17(22)11-3-5-12(19)6-4-11/h2-9H,1H3,(H,20,21,25). The van der Waals surface area contributed by atoms with Crippen LogP contribution in [0.4, 0.5) is 4.39 Å². The lowest BCUT2D eigenvalue weighted by Gasteiger charge is -2.10. The molecule has 3 rings (SSSR count). The van der Waals surface area contributed by atoms with Gasteiger partial charge in [-0.3, -0.25) is 4.79 Å². The van der Waals surface area contributed by atoms with Gasteiger partial charge in [0.1, 0.15) is 10.1 Å². The summed E-state index contributed by atoms with van der Waals surface area (Å²) in [5.41, 5.74) is 0.901. The number of nitrogens with one attached hydrogen (secondary N) is 1. The first-order chi connectivity index (χ1) is 12.5. The molecule has 0 bridgehead atoms. The van der Waals surface area contributed by atoms with E-state index >= 15 is 0 Å². The molecule has 1 heterocycles. The Labute approximate surface area is 158 Å². The van der Waals surface area contributed by atoms with Crippen molar-refractivity contribution in [1.29, 1.82) is 0 Å². The quantitative estimate of drug-likeness (QED) is 0.373. The van der Waals surface area contributed by atoms with Crippen molar-refractivity contribution in [2.75, 3.05) is 7.11 Å². The molecular weight excluding hydrogens is 377 g/mol. The van der Waals surface area contributed by atoms with Gasteiger partial charge in [-0.05, 0) is 48.0 Å². The van der Waals surface area contributed by atoms with Crippen LogP contribution in [0.3, 0.4) is 0 Å². The summed E-state index contributed by atoms with van der Waals surface area (Å²) in [5, 5.41) is 2.54. The number of carbonyl (C=O) groups excluding carboxylic acids is 2. The first kappa shape index (κ1) is 18.1. The third kappa shape index (κ3) is 4.09. The molecule has 2 aromatic rings. The molecule has 2 aromatic carbocycles. The molecule has 1 aliphatic rings. The SMILES string of the molecule is COc1cc(C=C2SC(=S)NC2=O)ccc1OC(=O)c1ccc(F)cc1. The Morgan fingerprint density at radius 3 is 2.54 bits per heavy atom. The van der Waals surface area contributed by atoms with E-state index in [1.54, 1.807) is 24.3 Å². The lowest BCUT2D eigenvalue weighted by Crippen LogP contribution is -2.17. The third-order valence-corrected chi connectivity index (χ3v) is 4.57. The van der Waals surface area contributed by atoms with Crippen molar-refractivity contribution in [3.05, 3.63) is 64.3 Å². The fourth-order valence-electron chi connectivity index (χ4n) is 2.18. The number of methoxy groups -OCH3 is 1. The number of amides is 1. The molecule has 0 spiro atoms. The first-order valence-electron chi connectivity index (χ1n) is 7.37. The van der Waals surface area contributed by atoms with Crippen LogP contribution in [0.5, 0.6) is 11.5 Å². The highest BCUT2D eigenvalue weighted by Crippen LogP contribution is 2.32. The molecule has 0 saturated carbocycles. The van der Waals surface area contributed by atoms with E-state index in [0.29, 0.717) is 20.5 Å². The van der Waals surface area contributed by atoms with Gasteiger partial charge in [0, 0.05) is 0 Å². The van der Waals surface area contributed by atoms with Gasteiger partial charge in [0.25, 0.3) is 5.91 Å². The summed E-state index contributed by atoms with van der Waals surface area (Å²) in [6.45, 7) is 0. The molecule has 1 amide bonds. The average molecular weight is 389 g/mol. The summed E-state index contributed by atoms with van der Waals surface area (Å²) in [7, 11) is 1.44. The molecular formula is C18H12FNO4S2. The van der Waals surface area contributed by atoms with Crippen molar-refractivity contribution in [1.82, 2.24) is 5.32 Å². The number of esters is 1.